The number of thiazole rings is 1. The number of rotatable bonds is 5. The number of nitrogens with zero attached hydrogens (tertiary/aromatic N) is 2. The van der Waals surface area contributed by atoms with Gasteiger partial charge in [-0.05, 0) is 49.6 Å². The third-order valence-electron chi connectivity index (χ3n) is 4.92. The van der Waals surface area contributed by atoms with Crippen molar-refractivity contribution in [2.75, 3.05) is 6.54 Å². The van der Waals surface area contributed by atoms with Crippen molar-refractivity contribution in [1.82, 2.24) is 9.88 Å². The minimum atomic E-state index is -0.303. The van der Waals surface area contributed by atoms with Gasteiger partial charge in [-0.15, -0.1) is 11.3 Å². The Morgan fingerprint density at radius 1 is 1.21 bits per heavy atom. The van der Waals surface area contributed by atoms with E-state index in [2.05, 4.69) is 36.2 Å². The number of hydrogen-bond donors (Lipinski definition) is 0. The summed E-state index contributed by atoms with van der Waals surface area (Å²) in [6, 6.07) is 14.3. The number of carbonyl (C=O) groups excluding carboxylic acids is 1. The Balaban J connectivity index is 1.43. The predicted molar refractivity (Wildman–Crippen MR) is 107 cm³/mol. The van der Waals surface area contributed by atoms with Gasteiger partial charge >= 0.3 is 0 Å². The second kappa shape index (κ2) is 8.10. The fraction of sp³-hybridized carbons (Fsp3) is 0.273. The molecule has 6 heteroatoms. The van der Waals surface area contributed by atoms with E-state index in [1.807, 2.05) is 4.90 Å². The Morgan fingerprint density at radius 3 is 2.71 bits per heavy atom. The summed E-state index contributed by atoms with van der Waals surface area (Å²) >= 11 is 1.40. The predicted octanol–water partition coefficient (Wildman–Crippen LogP) is 5.15. The van der Waals surface area contributed by atoms with Crippen LogP contribution in [0.4, 0.5) is 4.39 Å². The molecule has 1 fully saturated rings. The van der Waals surface area contributed by atoms with Crippen LogP contribution >= 0.6 is 11.3 Å². The van der Waals surface area contributed by atoms with E-state index in [9.17, 15) is 9.18 Å². The molecule has 1 aliphatic rings. The number of ether oxygens (including phenoxy) is 1. The number of hydrogen-bond acceptors (Lipinski definition) is 4. The van der Waals surface area contributed by atoms with Gasteiger partial charge in [-0.2, -0.15) is 0 Å². The molecule has 0 aliphatic carbocycles. The Kier molecular flexibility index (Phi) is 5.39. The van der Waals surface area contributed by atoms with Gasteiger partial charge in [-0.1, -0.05) is 29.8 Å². The molecule has 1 aromatic heterocycles. The van der Waals surface area contributed by atoms with Gasteiger partial charge in [0.05, 0.1) is 6.04 Å². The van der Waals surface area contributed by atoms with Crippen molar-refractivity contribution in [1.29, 1.82) is 0 Å². The lowest BCUT2D eigenvalue weighted by molar-refractivity contribution is 0.0730. The first-order valence-electron chi connectivity index (χ1n) is 9.30. The van der Waals surface area contributed by atoms with Crippen molar-refractivity contribution in [3.63, 3.8) is 0 Å². The van der Waals surface area contributed by atoms with Gasteiger partial charge in [0.1, 0.15) is 28.9 Å². The first-order chi connectivity index (χ1) is 13.6. The average molecular weight is 396 g/mol. The molecule has 1 atom stereocenters. The molecule has 1 unspecified atom stereocenters. The first-order valence-corrected chi connectivity index (χ1v) is 10.2. The highest BCUT2D eigenvalue weighted by Gasteiger charge is 2.31. The summed E-state index contributed by atoms with van der Waals surface area (Å²) in [6.45, 7) is 3.06. The van der Waals surface area contributed by atoms with Crippen LogP contribution < -0.4 is 4.74 Å². The lowest BCUT2D eigenvalue weighted by atomic mass is 10.0. The van der Waals surface area contributed by atoms with Crippen molar-refractivity contribution < 1.29 is 13.9 Å². The van der Waals surface area contributed by atoms with Gasteiger partial charge in [-0.25, -0.2) is 9.37 Å². The molecule has 0 N–H and O–H groups in total. The molecule has 1 amide bonds. The van der Waals surface area contributed by atoms with Crippen LogP contribution in [0.15, 0.2) is 53.9 Å². The minimum Gasteiger partial charge on any atom is -0.486 e. The van der Waals surface area contributed by atoms with E-state index in [1.54, 1.807) is 17.5 Å². The largest absolute Gasteiger partial charge is 0.486 e. The van der Waals surface area contributed by atoms with E-state index in [0.29, 0.717) is 11.4 Å². The molecule has 1 aliphatic heterocycles. The molecular weight excluding hydrogens is 375 g/mol. The lowest BCUT2D eigenvalue weighted by Gasteiger charge is -2.24. The zero-order valence-corrected chi connectivity index (χ0v) is 16.4. The topological polar surface area (TPSA) is 42.4 Å². The van der Waals surface area contributed by atoms with Gasteiger partial charge < -0.3 is 9.64 Å². The molecule has 1 saturated heterocycles. The third-order valence-corrected chi connectivity index (χ3v) is 5.74. The molecule has 4 nitrogen and oxygen atoms in total. The van der Waals surface area contributed by atoms with Gasteiger partial charge in [-0.3, -0.25) is 4.79 Å². The summed E-state index contributed by atoms with van der Waals surface area (Å²) in [4.78, 5) is 19.4. The summed E-state index contributed by atoms with van der Waals surface area (Å²) in [7, 11) is 0. The Morgan fingerprint density at radius 2 is 1.96 bits per heavy atom. The summed E-state index contributed by atoms with van der Waals surface area (Å²) in [5.74, 6) is 0.235. The summed E-state index contributed by atoms with van der Waals surface area (Å²) in [5, 5.41) is 2.51. The van der Waals surface area contributed by atoms with Crippen LogP contribution in [-0.2, 0) is 6.61 Å². The van der Waals surface area contributed by atoms with Crippen molar-refractivity contribution >= 4 is 17.2 Å². The fourth-order valence-corrected chi connectivity index (χ4v) is 4.12. The van der Waals surface area contributed by atoms with Crippen molar-refractivity contribution in [2.45, 2.75) is 32.4 Å². The minimum absolute atomic E-state index is 0.0349. The number of halogens is 1. The third kappa shape index (κ3) is 4.07. The summed E-state index contributed by atoms with van der Waals surface area (Å²) in [5.41, 5.74) is 2.85. The number of carbonyl (C=O) groups is 1. The number of aryl methyl sites for hydroxylation is 1. The maximum absolute atomic E-state index is 13.0. The quantitative estimate of drug-likeness (QED) is 0.599. The maximum atomic E-state index is 13.0. The first kappa shape index (κ1) is 18.6. The van der Waals surface area contributed by atoms with Crippen molar-refractivity contribution in [2.24, 2.45) is 0 Å². The standard InChI is InChI=1S/C22H21FN2O2S/c1-15-4-6-16(7-5-15)20-3-2-12-25(20)22(26)19-14-28-21(24-19)13-27-18-10-8-17(23)9-11-18/h4-11,14,20H,2-3,12-13H2,1H3. The van der Waals surface area contributed by atoms with E-state index in [4.69, 9.17) is 4.74 Å². The SMILES string of the molecule is Cc1ccc(C2CCCN2C(=O)c2csc(COc3ccc(F)cc3)n2)cc1. The number of likely N-dealkylation sites (tertiary alicyclic amines) is 1. The Hall–Kier alpha value is -2.73. The van der Waals surface area contributed by atoms with Crippen molar-refractivity contribution in [3.05, 3.63) is 81.6 Å². The molecule has 0 saturated carbocycles. The molecule has 4 rings (SSSR count). The van der Waals surface area contributed by atoms with Crippen LogP contribution in [0.1, 0.15) is 45.5 Å². The fourth-order valence-electron chi connectivity index (χ4n) is 3.44. The number of benzene rings is 2. The summed E-state index contributed by atoms with van der Waals surface area (Å²) in [6.07, 6.45) is 1.97. The molecule has 2 heterocycles. The molecule has 28 heavy (non-hydrogen) atoms. The normalized spacial score (nSPS) is 16.4. The van der Waals surface area contributed by atoms with E-state index in [0.717, 1.165) is 24.4 Å². The van der Waals surface area contributed by atoms with Crippen molar-refractivity contribution in [3.8, 4) is 5.75 Å². The van der Waals surface area contributed by atoms with E-state index >= 15 is 0 Å². The molecule has 0 bridgehead atoms. The summed E-state index contributed by atoms with van der Waals surface area (Å²) < 4.78 is 18.6. The van der Waals surface area contributed by atoms with Gasteiger partial charge in [0.25, 0.3) is 5.91 Å². The Labute approximate surface area is 167 Å². The highest BCUT2D eigenvalue weighted by molar-refractivity contribution is 7.09. The number of aromatic nitrogens is 1. The highest BCUT2D eigenvalue weighted by Crippen LogP contribution is 2.33. The van der Waals surface area contributed by atoms with Gasteiger partial charge in [0.2, 0.25) is 0 Å². The molecule has 0 spiro atoms. The molecular formula is C22H21FN2O2S. The monoisotopic (exact) mass is 396 g/mol. The molecule has 3 aromatic rings. The Bertz CT molecular complexity index is 953. The molecule has 2 aromatic carbocycles. The maximum Gasteiger partial charge on any atom is 0.273 e. The molecule has 144 valence electrons. The zero-order chi connectivity index (χ0) is 19.5. The van der Waals surface area contributed by atoms with Crippen LogP contribution in [0.3, 0.4) is 0 Å². The molecule has 0 radical (unpaired) electrons. The van der Waals surface area contributed by atoms with Crippen LogP contribution in [0.5, 0.6) is 5.75 Å². The van der Waals surface area contributed by atoms with E-state index in [-0.39, 0.29) is 24.4 Å². The lowest BCUT2D eigenvalue weighted by Crippen LogP contribution is -2.30. The second-order valence-corrected chi connectivity index (χ2v) is 7.88. The van der Waals surface area contributed by atoms with E-state index in [1.165, 1.54) is 34.6 Å². The van der Waals surface area contributed by atoms with E-state index < -0.39 is 0 Å². The van der Waals surface area contributed by atoms with Crippen LogP contribution in [-0.4, -0.2) is 22.3 Å². The van der Waals surface area contributed by atoms with Crippen LogP contribution in [0.25, 0.3) is 0 Å². The zero-order valence-electron chi connectivity index (χ0n) is 15.6. The van der Waals surface area contributed by atoms with Gasteiger partial charge in [0.15, 0.2) is 0 Å². The highest BCUT2D eigenvalue weighted by atomic mass is 32.1. The van der Waals surface area contributed by atoms with Crippen LogP contribution in [0.2, 0.25) is 0 Å². The smallest absolute Gasteiger partial charge is 0.273 e. The average Bonchev–Trinajstić information content (AvgIpc) is 3.37. The number of amides is 1. The van der Waals surface area contributed by atoms with Crippen LogP contribution in [0, 0.1) is 12.7 Å². The van der Waals surface area contributed by atoms with Gasteiger partial charge in [0, 0.05) is 11.9 Å². The second-order valence-electron chi connectivity index (χ2n) is 6.94.